The average molecular weight is 220 g/mol. The van der Waals surface area contributed by atoms with Gasteiger partial charge in [-0.1, -0.05) is 24.3 Å². The van der Waals surface area contributed by atoms with Gasteiger partial charge in [0.2, 0.25) is 0 Å². The van der Waals surface area contributed by atoms with E-state index in [9.17, 15) is 4.79 Å². The van der Waals surface area contributed by atoms with Crippen molar-refractivity contribution in [1.29, 1.82) is 0 Å². The molecule has 0 bridgehead atoms. The van der Waals surface area contributed by atoms with Gasteiger partial charge in [0.15, 0.2) is 5.78 Å². The van der Waals surface area contributed by atoms with Gasteiger partial charge in [0, 0.05) is 5.56 Å². The summed E-state index contributed by atoms with van der Waals surface area (Å²) in [6, 6.07) is 7.84. The van der Waals surface area contributed by atoms with Crippen LogP contribution in [0.5, 0.6) is 0 Å². The van der Waals surface area contributed by atoms with Crippen LogP contribution in [0.3, 0.4) is 0 Å². The Morgan fingerprint density at radius 2 is 1.75 bits per heavy atom. The molecule has 0 aliphatic heterocycles. The van der Waals surface area contributed by atoms with Crippen molar-refractivity contribution < 1.29 is 4.79 Å². The van der Waals surface area contributed by atoms with E-state index in [0.29, 0.717) is 6.17 Å². The maximum absolute atomic E-state index is 11.1. The Kier molecular flexibility index (Phi) is 5.15. The number of aryl methyl sites for hydroxylation is 1. The fourth-order valence-corrected chi connectivity index (χ4v) is 1.65. The quantitative estimate of drug-likeness (QED) is 0.565. The van der Waals surface area contributed by atoms with Gasteiger partial charge < -0.3 is 10.6 Å². The first-order chi connectivity index (χ1) is 7.67. The van der Waals surface area contributed by atoms with Crippen molar-refractivity contribution in [3.05, 3.63) is 35.4 Å². The van der Waals surface area contributed by atoms with Gasteiger partial charge >= 0.3 is 0 Å². The average Bonchev–Trinajstić information content (AvgIpc) is 2.31. The molecule has 1 aromatic carbocycles. The standard InChI is InChI=1S/C13H20N2O/c1-10(16)12-7-4-11(5-8-12)6-9-13(14-2)15-3/h4-5,7-8,13-15H,6,9H2,1-3H3. The first-order valence-corrected chi connectivity index (χ1v) is 5.61. The van der Waals surface area contributed by atoms with Gasteiger partial charge in [0.1, 0.15) is 0 Å². The molecule has 0 atom stereocenters. The highest BCUT2D eigenvalue weighted by Gasteiger charge is 2.03. The molecule has 0 aromatic heterocycles. The van der Waals surface area contributed by atoms with Crippen molar-refractivity contribution in [3.8, 4) is 0 Å². The van der Waals surface area contributed by atoms with Crippen molar-refractivity contribution in [3.63, 3.8) is 0 Å². The van der Waals surface area contributed by atoms with Crippen molar-refractivity contribution >= 4 is 5.78 Å². The van der Waals surface area contributed by atoms with E-state index in [4.69, 9.17) is 0 Å². The highest BCUT2D eigenvalue weighted by molar-refractivity contribution is 5.93. The fourth-order valence-electron chi connectivity index (χ4n) is 1.65. The predicted octanol–water partition coefficient (Wildman–Crippen LogP) is 1.59. The molecule has 88 valence electrons. The third-order valence-corrected chi connectivity index (χ3v) is 2.78. The smallest absolute Gasteiger partial charge is 0.159 e. The number of hydrogen-bond donors (Lipinski definition) is 2. The van der Waals surface area contributed by atoms with Crippen LogP contribution in [0.4, 0.5) is 0 Å². The second-order valence-electron chi connectivity index (χ2n) is 3.92. The van der Waals surface area contributed by atoms with E-state index in [2.05, 4.69) is 10.6 Å². The molecule has 1 rings (SSSR count). The molecule has 0 heterocycles. The van der Waals surface area contributed by atoms with E-state index in [1.165, 1.54) is 5.56 Å². The molecule has 0 fully saturated rings. The maximum atomic E-state index is 11.1. The molecule has 0 amide bonds. The third-order valence-electron chi connectivity index (χ3n) is 2.78. The zero-order valence-corrected chi connectivity index (χ0v) is 10.2. The van der Waals surface area contributed by atoms with Crippen molar-refractivity contribution in [2.45, 2.75) is 25.9 Å². The Labute approximate surface area is 97.2 Å². The lowest BCUT2D eigenvalue weighted by Gasteiger charge is -2.14. The van der Waals surface area contributed by atoms with Crippen LogP contribution in [0, 0.1) is 0 Å². The van der Waals surface area contributed by atoms with E-state index in [1.807, 2.05) is 38.4 Å². The molecule has 3 heteroatoms. The van der Waals surface area contributed by atoms with Gasteiger partial charge in [0.05, 0.1) is 6.17 Å². The molecule has 1 aromatic rings. The summed E-state index contributed by atoms with van der Waals surface area (Å²) in [6.45, 7) is 1.59. The Balaban J connectivity index is 2.52. The summed E-state index contributed by atoms with van der Waals surface area (Å²) in [6.07, 6.45) is 2.38. The molecular weight excluding hydrogens is 200 g/mol. The monoisotopic (exact) mass is 220 g/mol. The molecule has 0 aliphatic rings. The van der Waals surface area contributed by atoms with E-state index in [0.717, 1.165) is 18.4 Å². The minimum absolute atomic E-state index is 0.120. The first-order valence-electron chi connectivity index (χ1n) is 5.61. The number of ketones is 1. The molecule has 0 unspecified atom stereocenters. The minimum atomic E-state index is 0.120. The molecule has 16 heavy (non-hydrogen) atoms. The Bertz CT molecular complexity index is 328. The van der Waals surface area contributed by atoms with Gasteiger partial charge in [-0.05, 0) is 39.4 Å². The Morgan fingerprint density at radius 1 is 1.19 bits per heavy atom. The van der Waals surface area contributed by atoms with Gasteiger partial charge in [-0.3, -0.25) is 4.79 Å². The zero-order chi connectivity index (χ0) is 12.0. The molecule has 2 N–H and O–H groups in total. The maximum Gasteiger partial charge on any atom is 0.159 e. The second kappa shape index (κ2) is 6.40. The van der Waals surface area contributed by atoms with Crippen LogP contribution >= 0.6 is 0 Å². The fraction of sp³-hybridized carbons (Fsp3) is 0.462. The third kappa shape index (κ3) is 3.76. The van der Waals surface area contributed by atoms with Crippen LogP contribution in [0.25, 0.3) is 0 Å². The number of nitrogens with one attached hydrogen (secondary N) is 2. The van der Waals surface area contributed by atoms with Crippen LogP contribution < -0.4 is 10.6 Å². The highest BCUT2D eigenvalue weighted by Crippen LogP contribution is 2.08. The number of rotatable bonds is 6. The normalized spacial score (nSPS) is 10.8. The lowest BCUT2D eigenvalue weighted by molar-refractivity contribution is 0.101. The zero-order valence-electron chi connectivity index (χ0n) is 10.2. The van der Waals surface area contributed by atoms with Crippen molar-refractivity contribution in [2.75, 3.05) is 14.1 Å². The summed E-state index contributed by atoms with van der Waals surface area (Å²) >= 11 is 0. The number of carbonyl (C=O) groups excluding carboxylic acids is 1. The lowest BCUT2D eigenvalue weighted by atomic mass is 10.0. The number of carbonyl (C=O) groups is 1. The summed E-state index contributed by atoms with van der Waals surface area (Å²) in [4.78, 5) is 11.1. The molecule has 0 aliphatic carbocycles. The van der Waals surface area contributed by atoms with E-state index < -0.39 is 0 Å². The van der Waals surface area contributed by atoms with Gasteiger partial charge in [-0.15, -0.1) is 0 Å². The molecule has 0 saturated carbocycles. The SMILES string of the molecule is CNC(CCc1ccc(C(C)=O)cc1)NC. The van der Waals surface area contributed by atoms with Crippen LogP contribution in [0.2, 0.25) is 0 Å². The summed E-state index contributed by atoms with van der Waals surface area (Å²) in [5, 5.41) is 6.37. The second-order valence-corrected chi connectivity index (χ2v) is 3.92. The molecule has 3 nitrogen and oxygen atoms in total. The Hall–Kier alpha value is -1.19. The predicted molar refractivity (Wildman–Crippen MR) is 66.7 cm³/mol. The molecule has 0 saturated heterocycles. The molecule has 0 spiro atoms. The van der Waals surface area contributed by atoms with Gasteiger partial charge in [0.25, 0.3) is 0 Å². The molecule has 0 radical (unpaired) electrons. The summed E-state index contributed by atoms with van der Waals surface area (Å²) < 4.78 is 0. The van der Waals surface area contributed by atoms with Crippen LogP contribution in [-0.4, -0.2) is 26.0 Å². The number of Topliss-reactive ketones (excluding diaryl/α,β-unsaturated/α-hetero) is 1. The highest BCUT2D eigenvalue weighted by atomic mass is 16.1. The minimum Gasteiger partial charge on any atom is -0.305 e. The van der Waals surface area contributed by atoms with Crippen LogP contribution in [0.1, 0.15) is 29.3 Å². The lowest BCUT2D eigenvalue weighted by Crippen LogP contribution is -2.37. The number of benzene rings is 1. The van der Waals surface area contributed by atoms with Crippen LogP contribution in [-0.2, 0) is 6.42 Å². The van der Waals surface area contributed by atoms with Gasteiger partial charge in [-0.25, -0.2) is 0 Å². The Morgan fingerprint density at radius 3 is 2.19 bits per heavy atom. The summed E-state index contributed by atoms with van der Waals surface area (Å²) in [7, 11) is 3.89. The van der Waals surface area contributed by atoms with E-state index in [1.54, 1.807) is 6.92 Å². The van der Waals surface area contributed by atoms with Gasteiger partial charge in [-0.2, -0.15) is 0 Å². The van der Waals surface area contributed by atoms with Crippen LogP contribution in [0.15, 0.2) is 24.3 Å². The summed E-state index contributed by atoms with van der Waals surface area (Å²) in [5.74, 6) is 0.120. The number of hydrogen-bond acceptors (Lipinski definition) is 3. The largest absolute Gasteiger partial charge is 0.305 e. The van der Waals surface area contributed by atoms with Crippen molar-refractivity contribution in [2.24, 2.45) is 0 Å². The molecular formula is C13H20N2O. The topological polar surface area (TPSA) is 41.1 Å². The first kappa shape index (κ1) is 12.9. The van der Waals surface area contributed by atoms with Crippen molar-refractivity contribution in [1.82, 2.24) is 10.6 Å². The summed E-state index contributed by atoms with van der Waals surface area (Å²) in [5.41, 5.74) is 2.04. The van der Waals surface area contributed by atoms with E-state index >= 15 is 0 Å². The van der Waals surface area contributed by atoms with E-state index in [-0.39, 0.29) is 5.78 Å².